The van der Waals surface area contributed by atoms with E-state index >= 15 is 0 Å². The van der Waals surface area contributed by atoms with E-state index in [1.54, 1.807) is 24.4 Å². The van der Waals surface area contributed by atoms with Gasteiger partial charge in [0, 0.05) is 28.2 Å². The molecule has 1 N–H and O–H groups in total. The van der Waals surface area contributed by atoms with Gasteiger partial charge in [0.25, 0.3) is 0 Å². The van der Waals surface area contributed by atoms with Gasteiger partial charge in [-0.15, -0.1) is 0 Å². The third kappa shape index (κ3) is 2.21. The van der Waals surface area contributed by atoms with Gasteiger partial charge in [-0.3, -0.25) is 9.78 Å². The van der Waals surface area contributed by atoms with Crippen LogP contribution in [0.4, 0.5) is 0 Å². The summed E-state index contributed by atoms with van der Waals surface area (Å²) in [6.45, 7) is 2.35. The summed E-state index contributed by atoms with van der Waals surface area (Å²) in [6, 6.07) is 7.12. The molecule has 0 amide bonds. The molecule has 0 aliphatic carbocycles. The van der Waals surface area contributed by atoms with Crippen LogP contribution in [0, 0.1) is 0 Å². The molecule has 0 unspecified atom stereocenters. The molecule has 0 radical (unpaired) electrons. The van der Waals surface area contributed by atoms with E-state index in [1.165, 1.54) is 10.9 Å². The molecule has 3 rings (SSSR count). The number of hydrogen-bond acceptors (Lipinski definition) is 4. The van der Waals surface area contributed by atoms with Crippen LogP contribution in [-0.2, 0) is 6.54 Å². The number of halogens is 1. The summed E-state index contributed by atoms with van der Waals surface area (Å²) in [7, 11) is 0. The van der Waals surface area contributed by atoms with Crippen LogP contribution in [0.3, 0.4) is 0 Å². The van der Waals surface area contributed by atoms with Crippen molar-refractivity contribution in [3.63, 3.8) is 0 Å². The standard InChI is InChI=1S/C15H12BrN3O2/c1-2-19-15(21)11(8-18-19)14(20)10-5-6-12(16)13-9(10)4-3-7-17-13/h3-8,21H,2H2,1H3. The molecule has 0 spiro atoms. The van der Waals surface area contributed by atoms with Gasteiger partial charge in [-0.2, -0.15) is 5.10 Å². The Morgan fingerprint density at radius 1 is 1.33 bits per heavy atom. The molecule has 1 aromatic carbocycles. The molecule has 2 heterocycles. The number of ketones is 1. The fourth-order valence-corrected chi connectivity index (χ4v) is 2.70. The number of hydrogen-bond donors (Lipinski definition) is 1. The fourth-order valence-electron chi connectivity index (χ4n) is 2.25. The van der Waals surface area contributed by atoms with Gasteiger partial charge in [-0.05, 0) is 41.1 Å². The first kappa shape index (κ1) is 13.8. The van der Waals surface area contributed by atoms with Crippen molar-refractivity contribution in [2.45, 2.75) is 13.5 Å². The maximum absolute atomic E-state index is 12.7. The molecule has 0 saturated carbocycles. The number of carbonyl (C=O) groups excluding carboxylic acids is 1. The van der Waals surface area contributed by atoms with Crippen LogP contribution in [0.5, 0.6) is 5.88 Å². The first-order valence-corrected chi connectivity index (χ1v) is 7.25. The Labute approximate surface area is 129 Å². The molecule has 6 heteroatoms. The molecular weight excluding hydrogens is 334 g/mol. The number of carbonyl (C=O) groups is 1. The minimum atomic E-state index is -0.266. The highest BCUT2D eigenvalue weighted by Crippen LogP contribution is 2.28. The first-order valence-electron chi connectivity index (χ1n) is 6.46. The van der Waals surface area contributed by atoms with Gasteiger partial charge in [0.2, 0.25) is 11.7 Å². The zero-order chi connectivity index (χ0) is 15.0. The molecule has 0 fully saturated rings. The first-order chi connectivity index (χ1) is 10.1. The van der Waals surface area contributed by atoms with Gasteiger partial charge in [-0.1, -0.05) is 6.07 Å². The van der Waals surface area contributed by atoms with Gasteiger partial charge in [-0.25, -0.2) is 4.68 Å². The lowest BCUT2D eigenvalue weighted by molar-refractivity contribution is 0.103. The molecule has 5 nitrogen and oxygen atoms in total. The van der Waals surface area contributed by atoms with Gasteiger partial charge in [0.15, 0.2) is 0 Å². The molecule has 3 aromatic rings. The molecular formula is C15H12BrN3O2. The van der Waals surface area contributed by atoms with Gasteiger partial charge in [0.1, 0.15) is 5.56 Å². The Morgan fingerprint density at radius 2 is 2.14 bits per heavy atom. The number of aryl methyl sites for hydroxylation is 1. The number of pyridine rings is 1. The minimum Gasteiger partial charge on any atom is -0.493 e. The van der Waals surface area contributed by atoms with E-state index in [0.717, 1.165) is 9.86 Å². The molecule has 0 aliphatic rings. The second-order valence-corrected chi connectivity index (χ2v) is 5.38. The highest BCUT2D eigenvalue weighted by Gasteiger charge is 2.20. The van der Waals surface area contributed by atoms with Crippen molar-refractivity contribution in [2.75, 3.05) is 0 Å². The second-order valence-electron chi connectivity index (χ2n) is 4.52. The Hall–Kier alpha value is -2.21. The maximum atomic E-state index is 12.7. The Balaban J connectivity index is 2.18. The van der Waals surface area contributed by atoms with Gasteiger partial charge < -0.3 is 5.11 Å². The largest absolute Gasteiger partial charge is 0.493 e. The van der Waals surface area contributed by atoms with Gasteiger partial charge in [0.05, 0.1) is 11.7 Å². The number of benzene rings is 1. The lowest BCUT2D eigenvalue weighted by atomic mass is 10.0. The molecule has 0 saturated heterocycles. The SMILES string of the molecule is CCn1ncc(C(=O)c2ccc(Br)c3ncccc23)c1O. The summed E-state index contributed by atoms with van der Waals surface area (Å²) in [5, 5.41) is 14.8. The van der Waals surface area contributed by atoms with Crippen molar-refractivity contribution in [3.05, 3.63) is 52.3 Å². The predicted molar refractivity (Wildman–Crippen MR) is 82.4 cm³/mol. The third-order valence-electron chi connectivity index (χ3n) is 3.32. The summed E-state index contributed by atoms with van der Waals surface area (Å²) in [5.74, 6) is -0.375. The topological polar surface area (TPSA) is 68.0 Å². The fraction of sp³-hybridized carbons (Fsp3) is 0.133. The highest BCUT2D eigenvalue weighted by molar-refractivity contribution is 9.10. The molecule has 0 atom stereocenters. The average Bonchev–Trinajstić information content (AvgIpc) is 2.88. The van der Waals surface area contributed by atoms with Crippen molar-refractivity contribution in [1.29, 1.82) is 0 Å². The van der Waals surface area contributed by atoms with Crippen LogP contribution < -0.4 is 0 Å². The van der Waals surface area contributed by atoms with Crippen molar-refractivity contribution >= 4 is 32.6 Å². The monoisotopic (exact) mass is 345 g/mol. The lowest BCUT2D eigenvalue weighted by Crippen LogP contribution is -2.03. The van der Waals surface area contributed by atoms with Crippen LogP contribution in [0.15, 0.2) is 41.1 Å². The van der Waals surface area contributed by atoms with Crippen LogP contribution in [0.1, 0.15) is 22.8 Å². The van der Waals surface area contributed by atoms with E-state index in [-0.39, 0.29) is 17.2 Å². The van der Waals surface area contributed by atoms with Crippen LogP contribution in [0.25, 0.3) is 10.9 Å². The summed E-state index contributed by atoms with van der Waals surface area (Å²) in [6.07, 6.45) is 3.07. The van der Waals surface area contributed by atoms with Crippen molar-refractivity contribution in [3.8, 4) is 5.88 Å². The van der Waals surface area contributed by atoms with E-state index in [4.69, 9.17) is 0 Å². The molecule has 0 bridgehead atoms. The maximum Gasteiger partial charge on any atom is 0.220 e. The molecule has 2 aromatic heterocycles. The number of nitrogens with zero attached hydrogens (tertiary/aromatic N) is 3. The van der Waals surface area contributed by atoms with E-state index in [1.807, 2.05) is 13.0 Å². The van der Waals surface area contributed by atoms with Crippen LogP contribution >= 0.6 is 15.9 Å². The Kier molecular flexibility index (Phi) is 3.47. The zero-order valence-corrected chi connectivity index (χ0v) is 12.8. The van der Waals surface area contributed by atoms with Crippen molar-refractivity contribution in [2.24, 2.45) is 0 Å². The van der Waals surface area contributed by atoms with Crippen LogP contribution in [0.2, 0.25) is 0 Å². The van der Waals surface area contributed by atoms with Crippen molar-refractivity contribution in [1.82, 2.24) is 14.8 Å². The summed E-state index contributed by atoms with van der Waals surface area (Å²) < 4.78 is 2.20. The smallest absolute Gasteiger partial charge is 0.220 e. The van der Waals surface area contributed by atoms with E-state index in [9.17, 15) is 9.90 Å². The minimum absolute atomic E-state index is 0.109. The van der Waals surface area contributed by atoms with E-state index < -0.39 is 0 Å². The summed E-state index contributed by atoms with van der Waals surface area (Å²) in [5.41, 5.74) is 1.40. The van der Waals surface area contributed by atoms with E-state index in [2.05, 4.69) is 26.0 Å². The summed E-state index contributed by atoms with van der Waals surface area (Å²) >= 11 is 3.43. The molecule has 106 valence electrons. The Bertz CT molecular complexity index is 842. The highest BCUT2D eigenvalue weighted by atomic mass is 79.9. The van der Waals surface area contributed by atoms with Gasteiger partial charge >= 0.3 is 0 Å². The number of fused-ring (bicyclic) bond motifs is 1. The number of rotatable bonds is 3. The van der Waals surface area contributed by atoms with Crippen molar-refractivity contribution < 1.29 is 9.90 Å². The quantitative estimate of drug-likeness (QED) is 0.740. The Morgan fingerprint density at radius 3 is 2.86 bits per heavy atom. The number of aromatic nitrogens is 3. The molecule has 21 heavy (non-hydrogen) atoms. The van der Waals surface area contributed by atoms with E-state index in [0.29, 0.717) is 17.6 Å². The predicted octanol–water partition coefficient (Wildman–Crippen LogP) is 3.15. The second kappa shape index (κ2) is 5.29. The summed E-state index contributed by atoms with van der Waals surface area (Å²) in [4.78, 5) is 16.9. The lowest BCUT2D eigenvalue weighted by Gasteiger charge is -2.06. The number of aromatic hydroxyl groups is 1. The third-order valence-corrected chi connectivity index (χ3v) is 3.96. The normalized spacial score (nSPS) is 11.0. The molecule has 0 aliphatic heterocycles. The zero-order valence-electron chi connectivity index (χ0n) is 11.2. The average molecular weight is 346 g/mol. The van der Waals surface area contributed by atoms with Crippen LogP contribution in [-0.4, -0.2) is 25.7 Å².